The number of nitrogens with one attached hydrogen (secondary N) is 4. The molecule has 6 heterocycles. The average Bonchev–Trinajstić information content (AvgIpc) is 4.08. The molecule has 19 heteroatoms. The third-order valence-corrected chi connectivity index (χ3v) is 14.5. The van der Waals surface area contributed by atoms with Gasteiger partial charge in [0.2, 0.25) is 11.8 Å². The quantitative estimate of drug-likeness (QED) is 0.0565. The summed E-state index contributed by atoms with van der Waals surface area (Å²) in [5.41, 5.74) is 2.85. The number of fused-ring (bicyclic) bond motifs is 10. The normalized spacial score (nSPS) is 21.2. The van der Waals surface area contributed by atoms with Gasteiger partial charge in [0.1, 0.15) is 23.5 Å². The van der Waals surface area contributed by atoms with Crippen LogP contribution in [-0.4, -0.2) is 121 Å². The number of anilines is 3. The van der Waals surface area contributed by atoms with Gasteiger partial charge in [-0.2, -0.15) is 0 Å². The van der Waals surface area contributed by atoms with Crippen LogP contribution < -0.4 is 37.0 Å². The van der Waals surface area contributed by atoms with E-state index in [1.54, 1.807) is 31.0 Å². The Hall–Kier alpha value is -7.45. The SMILES string of the molecule is CO[C@@H]1[C@H](N(C)c2c(NCCOCCOCCNc3cccc4c3C(=O)N(C3CCC(=O)NC3=O)C4=O)c(=O)c2=O)CCn2c3ccccc3c3c4c(c5c6ccccc6n(c5c32)[C@@]1(C)O)CNC4=O. The lowest BCUT2D eigenvalue weighted by Gasteiger charge is -2.43. The predicted octanol–water partition coefficient (Wildman–Crippen LogP) is 3.29. The number of aliphatic hydroxyl groups is 1. The van der Waals surface area contributed by atoms with Crippen LogP contribution in [-0.2, 0) is 42.6 Å². The number of para-hydroxylation sites is 2. The molecule has 19 nitrogen and oxygen atoms in total. The third-order valence-electron chi connectivity index (χ3n) is 14.5. The minimum Gasteiger partial charge on any atom is -0.382 e. The minimum atomic E-state index is -1.73. The van der Waals surface area contributed by atoms with E-state index in [1.165, 1.54) is 13.2 Å². The number of nitrogens with zero attached hydrogens (tertiary/aromatic N) is 4. The van der Waals surface area contributed by atoms with Gasteiger partial charge in [-0.25, -0.2) is 0 Å². The number of carbonyl (C=O) groups excluding carboxylic acids is 5. The number of piperidine rings is 1. The van der Waals surface area contributed by atoms with Crippen LogP contribution in [0.4, 0.5) is 17.1 Å². The first-order valence-electron chi connectivity index (χ1n) is 23.4. The maximum absolute atomic E-state index is 13.7. The van der Waals surface area contributed by atoms with E-state index in [-0.39, 0.29) is 74.2 Å². The number of aromatic nitrogens is 2. The Morgan fingerprint density at radius 1 is 0.786 bits per heavy atom. The van der Waals surface area contributed by atoms with Gasteiger partial charge in [0.15, 0.2) is 5.72 Å². The molecule has 1 fully saturated rings. The molecule has 7 aromatic rings. The summed E-state index contributed by atoms with van der Waals surface area (Å²) >= 11 is 0. The van der Waals surface area contributed by atoms with Crippen molar-refractivity contribution in [3.63, 3.8) is 0 Å². The van der Waals surface area contributed by atoms with Crippen molar-refractivity contribution in [2.24, 2.45) is 0 Å². The lowest BCUT2D eigenvalue weighted by Crippen LogP contribution is -2.57. The van der Waals surface area contributed by atoms with E-state index in [2.05, 4.69) is 25.8 Å². The molecule has 11 rings (SSSR count). The Morgan fingerprint density at radius 3 is 2.21 bits per heavy atom. The highest BCUT2D eigenvalue weighted by molar-refractivity contribution is 6.31. The first-order valence-corrected chi connectivity index (χ1v) is 23.4. The topological polar surface area (TPSA) is 232 Å². The van der Waals surface area contributed by atoms with Crippen LogP contribution in [0.5, 0.6) is 0 Å². The van der Waals surface area contributed by atoms with E-state index in [0.29, 0.717) is 37.3 Å². The lowest BCUT2D eigenvalue weighted by molar-refractivity contribution is -0.140. The predicted molar refractivity (Wildman–Crippen MR) is 260 cm³/mol. The Balaban J connectivity index is 0.756. The van der Waals surface area contributed by atoms with E-state index in [4.69, 9.17) is 14.2 Å². The highest BCUT2D eigenvalue weighted by Crippen LogP contribution is 2.48. The molecule has 2 aromatic heterocycles. The van der Waals surface area contributed by atoms with Gasteiger partial charge in [0, 0.05) is 79.5 Å². The van der Waals surface area contributed by atoms with Crippen molar-refractivity contribution in [2.45, 2.75) is 63.2 Å². The molecule has 4 aliphatic heterocycles. The van der Waals surface area contributed by atoms with E-state index < -0.39 is 58.4 Å². The third kappa shape index (κ3) is 6.74. The summed E-state index contributed by atoms with van der Waals surface area (Å²) in [5, 5.41) is 28.1. The number of hydrogen-bond acceptors (Lipinski definition) is 14. The standard InChI is InChI=1S/C51H50N8O11/c1-51(67)46(68-3)33(17-20-57-31-13-6-4-9-26(31)38-39-29(25-54-48(39)64)36-27-10-5-7-14-32(27)59(51)42(36)41(38)57)56(2)43-40(44(61)45(43)62)53-19-22-70-24-23-69-21-18-52-30-12-8-11-28-37(30)50(66)58(49(28)65)34-15-16-35(60)55-47(34)63/h4-14,33-34,46,52-53,67H,15-25H2,1-3H3,(H,54,64)(H,55,60,63)/t33-,34?,46-,51+/m1/s1. The number of amides is 5. The average molecular weight is 951 g/mol. The van der Waals surface area contributed by atoms with E-state index in [9.17, 15) is 38.7 Å². The van der Waals surface area contributed by atoms with Gasteiger partial charge in [0.05, 0.1) is 65.7 Å². The highest BCUT2D eigenvalue weighted by Gasteiger charge is 2.48. The Labute approximate surface area is 398 Å². The van der Waals surface area contributed by atoms with Crippen molar-refractivity contribution in [1.29, 1.82) is 0 Å². The highest BCUT2D eigenvalue weighted by atomic mass is 16.5. The van der Waals surface area contributed by atoms with E-state index in [1.807, 2.05) is 53.1 Å². The molecule has 4 aliphatic rings. The molecule has 0 saturated carbocycles. The molecular formula is C51H50N8O11. The van der Waals surface area contributed by atoms with E-state index >= 15 is 0 Å². The molecule has 70 heavy (non-hydrogen) atoms. The number of rotatable bonds is 15. The summed E-state index contributed by atoms with van der Waals surface area (Å²) in [6, 6.07) is 19.0. The number of carbonyl (C=O) groups is 5. The smallest absolute Gasteiger partial charge is 0.264 e. The molecule has 5 N–H and O–H groups in total. The van der Waals surface area contributed by atoms with Crippen LogP contribution in [0.3, 0.4) is 0 Å². The van der Waals surface area contributed by atoms with Gasteiger partial charge < -0.3 is 49.3 Å². The van der Waals surface area contributed by atoms with Crippen molar-refractivity contribution < 1.29 is 43.3 Å². The zero-order valence-electron chi connectivity index (χ0n) is 38.7. The van der Waals surface area contributed by atoms with Crippen LogP contribution in [0.25, 0.3) is 43.6 Å². The van der Waals surface area contributed by atoms with Gasteiger partial charge >= 0.3 is 0 Å². The molecule has 5 aromatic carbocycles. The van der Waals surface area contributed by atoms with Crippen LogP contribution in [0, 0.1) is 0 Å². The largest absolute Gasteiger partial charge is 0.382 e. The molecule has 5 amide bonds. The van der Waals surface area contributed by atoms with Crippen LogP contribution in [0.1, 0.15) is 62.8 Å². The summed E-state index contributed by atoms with van der Waals surface area (Å²) in [6.45, 7) is 3.87. The number of hydrogen-bond donors (Lipinski definition) is 5. The number of methoxy groups -OCH3 is 1. The maximum Gasteiger partial charge on any atom is 0.264 e. The van der Waals surface area contributed by atoms with Crippen LogP contribution in [0.15, 0.2) is 76.3 Å². The van der Waals surface area contributed by atoms with Crippen molar-refractivity contribution in [2.75, 3.05) is 69.2 Å². The zero-order valence-corrected chi connectivity index (χ0v) is 38.7. The fourth-order valence-electron chi connectivity index (χ4n) is 11.5. The number of ether oxygens (including phenoxy) is 3. The molecular weight excluding hydrogens is 901 g/mol. The molecule has 0 spiro atoms. The second-order valence-corrected chi connectivity index (χ2v) is 18.4. The summed E-state index contributed by atoms with van der Waals surface area (Å²) < 4.78 is 21.9. The summed E-state index contributed by atoms with van der Waals surface area (Å²) in [5.74, 6) is -2.46. The van der Waals surface area contributed by atoms with Crippen LogP contribution >= 0.6 is 0 Å². The second kappa shape index (κ2) is 17.2. The van der Waals surface area contributed by atoms with Gasteiger partial charge in [0.25, 0.3) is 28.6 Å². The fraction of sp³-hybridized carbons (Fsp3) is 0.353. The Bertz CT molecular complexity index is 3460. The Morgan fingerprint density at radius 2 is 1.49 bits per heavy atom. The number of imide groups is 2. The molecule has 4 atom stereocenters. The van der Waals surface area contributed by atoms with Gasteiger partial charge in [-0.05, 0) is 49.6 Å². The lowest BCUT2D eigenvalue weighted by atomic mass is 9.94. The first-order chi connectivity index (χ1) is 33.8. The van der Waals surface area contributed by atoms with Gasteiger partial charge in [-0.3, -0.25) is 43.8 Å². The first kappa shape index (κ1) is 45.0. The minimum absolute atomic E-state index is 0.0295. The summed E-state index contributed by atoms with van der Waals surface area (Å²) in [6.07, 6.45) is -0.449. The van der Waals surface area contributed by atoms with Crippen molar-refractivity contribution in [1.82, 2.24) is 24.7 Å². The van der Waals surface area contributed by atoms with Gasteiger partial charge in [-0.15, -0.1) is 0 Å². The zero-order chi connectivity index (χ0) is 48.7. The van der Waals surface area contributed by atoms with Crippen molar-refractivity contribution >= 4 is 90.2 Å². The molecule has 1 unspecified atom stereocenters. The molecule has 1 saturated heterocycles. The monoisotopic (exact) mass is 950 g/mol. The molecule has 0 bridgehead atoms. The Kier molecular flexibility index (Phi) is 11.1. The molecule has 0 aliphatic carbocycles. The second-order valence-electron chi connectivity index (χ2n) is 18.4. The fourth-order valence-corrected chi connectivity index (χ4v) is 11.5. The van der Waals surface area contributed by atoms with Gasteiger partial charge in [-0.1, -0.05) is 42.5 Å². The number of aryl methyl sites for hydroxylation is 1. The molecule has 360 valence electrons. The van der Waals surface area contributed by atoms with Crippen molar-refractivity contribution in [3.8, 4) is 0 Å². The van der Waals surface area contributed by atoms with Crippen LogP contribution in [0.2, 0.25) is 0 Å². The molecule has 0 radical (unpaired) electrons. The number of benzene rings is 4. The number of likely N-dealkylation sites (N-methyl/N-ethyl adjacent to an activating group) is 1. The maximum atomic E-state index is 13.7. The van der Waals surface area contributed by atoms with E-state index in [0.717, 1.165) is 54.1 Å². The van der Waals surface area contributed by atoms with Crippen molar-refractivity contribution in [3.05, 3.63) is 109 Å². The summed E-state index contributed by atoms with van der Waals surface area (Å²) in [7, 11) is 3.28. The summed E-state index contributed by atoms with van der Waals surface area (Å²) in [4.78, 5) is 93.8.